The smallest absolute Gasteiger partial charge is 0.406 e. The first-order valence-corrected chi connectivity index (χ1v) is 10.0. The second-order valence-corrected chi connectivity index (χ2v) is 7.54. The van der Waals surface area contributed by atoms with Crippen molar-refractivity contribution in [1.82, 2.24) is 4.98 Å². The molecule has 1 fully saturated rings. The maximum atomic E-state index is 13.9. The average Bonchev–Trinajstić information content (AvgIpc) is 3.18. The molecule has 2 N–H and O–H groups in total. The molecule has 0 spiro atoms. The van der Waals surface area contributed by atoms with Crippen LogP contribution in [0.15, 0.2) is 60.8 Å². The number of hydrogen-bond donors (Lipinski definition) is 2. The molecule has 168 valence electrons. The van der Waals surface area contributed by atoms with Crippen molar-refractivity contribution in [3.63, 3.8) is 0 Å². The summed E-state index contributed by atoms with van der Waals surface area (Å²) in [6.07, 6.45) is -2.83. The van der Waals surface area contributed by atoms with Gasteiger partial charge in [-0.3, -0.25) is 0 Å². The van der Waals surface area contributed by atoms with Gasteiger partial charge in [0.15, 0.2) is 0 Å². The monoisotopic (exact) mass is 447 g/mol. The van der Waals surface area contributed by atoms with Gasteiger partial charge >= 0.3 is 6.36 Å². The van der Waals surface area contributed by atoms with Crippen LogP contribution in [0.4, 0.5) is 29.1 Å². The Morgan fingerprint density at radius 3 is 2.56 bits per heavy atom. The number of nitrogens with zero attached hydrogens (tertiary/aromatic N) is 2. The lowest BCUT2D eigenvalue weighted by molar-refractivity contribution is -0.274. The van der Waals surface area contributed by atoms with Gasteiger partial charge in [0.2, 0.25) is 0 Å². The average molecular weight is 447 g/mol. The maximum absolute atomic E-state index is 13.9. The van der Waals surface area contributed by atoms with E-state index in [-0.39, 0.29) is 11.6 Å². The number of aliphatic hydroxyl groups excluding tert-OH is 1. The summed E-state index contributed by atoms with van der Waals surface area (Å²) in [7, 11) is 0. The zero-order valence-electron chi connectivity index (χ0n) is 16.9. The third-order valence-corrected chi connectivity index (χ3v) is 5.11. The number of rotatable bonds is 6. The fraction of sp³-hybridized carbons (Fsp3) is 0.261. The van der Waals surface area contributed by atoms with Crippen LogP contribution < -0.4 is 15.0 Å². The topological polar surface area (TPSA) is 57.6 Å². The SMILES string of the molecule is OC1CCN(c2ncc(CNc3ccc(OC(F)(F)F)cc3)cc2-c2cccc(F)c2)C1. The molecule has 1 aromatic heterocycles. The molecule has 32 heavy (non-hydrogen) atoms. The van der Waals surface area contributed by atoms with Gasteiger partial charge < -0.3 is 20.1 Å². The largest absolute Gasteiger partial charge is 0.573 e. The minimum atomic E-state index is -4.74. The lowest BCUT2D eigenvalue weighted by atomic mass is 10.0. The van der Waals surface area contributed by atoms with Crippen molar-refractivity contribution in [2.45, 2.75) is 25.4 Å². The number of aliphatic hydroxyl groups is 1. The zero-order chi connectivity index (χ0) is 22.7. The van der Waals surface area contributed by atoms with Crippen molar-refractivity contribution in [3.05, 3.63) is 72.2 Å². The number of alkyl halides is 3. The van der Waals surface area contributed by atoms with Gasteiger partial charge in [0.25, 0.3) is 0 Å². The molecule has 1 atom stereocenters. The summed E-state index contributed by atoms with van der Waals surface area (Å²) in [5.74, 6) is 0.0133. The van der Waals surface area contributed by atoms with Gasteiger partial charge in [-0.1, -0.05) is 12.1 Å². The standard InChI is InChI=1S/C23H21F4N3O2/c24-17-3-1-2-16(11-17)21-10-15(13-29-22(21)30-9-8-19(31)14-30)12-28-18-4-6-20(7-5-18)32-23(25,26)27/h1-7,10-11,13,19,28,31H,8-9,12,14H2. The Balaban J connectivity index is 1.54. The summed E-state index contributed by atoms with van der Waals surface area (Å²) in [4.78, 5) is 6.55. The van der Waals surface area contributed by atoms with Gasteiger partial charge in [-0.2, -0.15) is 0 Å². The van der Waals surface area contributed by atoms with E-state index >= 15 is 0 Å². The molecule has 3 aromatic rings. The molecule has 1 aliphatic heterocycles. The molecule has 1 aliphatic rings. The van der Waals surface area contributed by atoms with Crippen LogP contribution in [0.2, 0.25) is 0 Å². The van der Waals surface area contributed by atoms with Crippen LogP contribution in [0.25, 0.3) is 11.1 Å². The third-order valence-electron chi connectivity index (χ3n) is 5.11. The molecule has 4 rings (SSSR count). The summed E-state index contributed by atoms with van der Waals surface area (Å²) in [5.41, 5.74) is 2.83. The van der Waals surface area contributed by atoms with Gasteiger partial charge in [-0.25, -0.2) is 9.37 Å². The van der Waals surface area contributed by atoms with E-state index in [2.05, 4.69) is 15.0 Å². The second-order valence-electron chi connectivity index (χ2n) is 7.54. The number of halogens is 4. The normalized spacial score (nSPS) is 16.3. The molecule has 9 heteroatoms. The molecule has 0 aliphatic carbocycles. The molecule has 2 aromatic carbocycles. The fourth-order valence-electron chi connectivity index (χ4n) is 3.63. The van der Waals surface area contributed by atoms with Crippen molar-refractivity contribution in [2.24, 2.45) is 0 Å². The van der Waals surface area contributed by atoms with E-state index in [4.69, 9.17) is 0 Å². The first-order valence-electron chi connectivity index (χ1n) is 10.0. The van der Waals surface area contributed by atoms with Gasteiger partial charge in [-0.15, -0.1) is 13.2 Å². The second kappa shape index (κ2) is 9.04. The van der Waals surface area contributed by atoms with Crippen LogP contribution in [-0.2, 0) is 6.54 Å². The van der Waals surface area contributed by atoms with Crippen LogP contribution >= 0.6 is 0 Å². The van der Waals surface area contributed by atoms with Crippen LogP contribution in [-0.4, -0.2) is 35.6 Å². The highest BCUT2D eigenvalue weighted by Crippen LogP contribution is 2.32. The zero-order valence-corrected chi connectivity index (χ0v) is 16.9. The lowest BCUT2D eigenvalue weighted by Gasteiger charge is -2.21. The number of β-amino-alcohol motifs (C(OH)–C–C–N with tert-alkyl or cyclic N) is 1. The molecule has 1 unspecified atom stereocenters. The summed E-state index contributed by atoms with van der Waals surface area (Å²) in [6.45, 7) is 1.47. The minimum Gasteiger partial charge on any atom is -0.406 e. The number of ether oxygens (including phenoxy) is 1. The first kappa shape index (κ1) is 21.9. The Morgan fingerprint density at radius 2 is 1.91 bits per heavy atom. The fourth-order valence-corrected chi connectivity index (χ4v) is 3.63. The van der Waals surface area contributed by atoms with E-state index in [9.17, 15) is 22.7 Å². The highest BCUT2D eigenvalue weighted by atomic mass is 19.4. The van der Waals surface area contributed by atoms with Crippen molar-refractivity contribution in [2.75, 3.05) is 23.3 Å². The van der Waals surface area contributed by atoms with E-state index in [0.29, 0.717) is 43.1 Å². The van der Waals surface area contributed by atoms with Crippen molar-refractivity contribution in [1.29, 1.82) is 0 Å². The lowest BCUT2D eigenvalue weighted by Crippen LogP contribution is -2.23. The highest BCUT2D eigenvalue weighted by Gasteiger charge is 2.31. The number of anilines is 2. The Kier molecular flexibility index (Phi) is 6.18. The van der Waals surface area contributed by atoms with Gasteiger partial charge in [0.1, 0.15) is 17.4 Å². The number of benzene rings is 2. The quantitative estimate of drug-likeness (QED) is 0.523. The molecule has 2 heterocycles. The molecular formula is C23H21F4N3O2. The Morgan fingerprint density at radius 1 is 1.12 bits per heavy atom. The van der Waals surface area contributed by atoms with Gasteiger partial charge in [0, 0.05) is 37.1 Å². The number of hydrogen-bond acceptors (Lipinski definition) is 5. The van der Waals surface area contributed by atoms with E-state index < -0.39 is 12.5 Å². The van der Waals surface area contributed by atoms with Crippen LogP contribution in [0.5, 0.6) is 5.75 Å². The number of nitrogens with one attached hydrogen (secondary N) is 1. The van der Waals surface area contributed by atoms with Gasteiger partial charge in [-0.05, 0) is 60.0 Å². The van der Waals surface area contributed by atoms with E-state index in [1.807, 2.05) is 11.0 Å². The van der Waals surface area contributed by atoms with Crippen molar-refractivity contribution < 1.29 is 27.4 Å². The van der Waals surface area contributed by atoms with Crippen molar-refractivity contribution >= 4 is 11.5 Å². The van der Waals surface area contributed by atoms with E-state index in [0.717, 1.165) is 11.1 Å². The predicted octanol–water partition coefficient (Wildman–Crippen LogP) is 4.97. The summed E-state index contributed by atoms with van der Waals surface area (Å²) >= 11 is 0. The molecule has 0 amide bonds. The number of pyridine rings is 1. The van der Waals surface area contributed by atoms with Gasteiger partial charge in [0.05, 0.1) is 6.10 Å². The first-order chi connectivity index (χ1) is 15.3. The van der Waals surface area contributed by atoms with Crippen LogP contribution in [0.3, 0.4) is 0 Å². The molecule has 5 nitrogen and oxygen atoms in total. The third kappa shape index (κ3) is 5.47. The maximum Gasteiger partial charge on any atom is 0.573 e. The molecular weight excluding hydrogens is 426 g/mol. The minimum absolute atomic E-state index is 0.296. The molecule has 0 bridgehead atoms. The Labute approximate surface area is 182 Å². The molecule has 0 saturated carbocycles. The predicted molar refractivity (Wildman–Crippen MR) is 113 cm³/mol. The summed E-state index contributed by atoms with van der Waals surface area (Å²) < 4.78 is 54.6. The Hall–Kier alpha value is -3.33. The number of aromatic nitrogens is 1. The van der Waals surface area contributed by atoms with Crippen LogP contribution in [0, 0.1) is 5.82 Å². The van der Waals surface area contributed by atoms with E-state index in [1.165, 1.54) is 36.4 Å². The summed E-state index contributed by atoms with van der Waals surface area (Å²) in [5, 5.41) is 13.0. The summed E-state index contributed by atoms with van der Waals surface area (Å²) in [6, 6.07) is 13.6. The molecule has 0 radical (unpaired) electrons. The van der Waals surface area contributed by atoms with E-state index in [1.54, 1.807) is 18.3 Å². The van der Waals surface area contributed by atoms with Crippen molar-refractivity contribution in [3.8, 4) is 16.9 Å². The highest BCUT2D eigenvalue weighted by molar-refractivity contribution is 5.76. The Bertz CT molecular complexity index is 1070. The van der Waals surface area contributed by atoms with Crippen LogP contribution in [0.1, 0.15) is 12.0 Å². The molecule has 1 saturated heterocycles.